The lowest BCUT2D eigenvalue weighted by Gasteiger charge is -2.23. The molecule has 1 fully saturated rings. The van der Waals surface area contributed by atoms with Crippen molar-refractivity contribution in [2.24, 2.45) is 0 Å². The molecule has 1 heterocycles. The van der Waals surface area contributed by atoms with Crippen molar-refractivity contribution in [3.05, 3.63) is 35.6 Å². The minimum Gasteiger partial charge on any atom is -0.396 e. The van der Waals surface area contributed by atoms with Crippen molar-refractivity contribution >= 4 is 0 Å². The van der Waals surface area contributed by atoms with Gasteiger partial charge in [0.05, 0.1) is 12.7 Å². The number of ether oxygens (including phenoxy) is 2. The first-order valence-corrected chi connectivity index (χ1v) is 5.79. The Balaban J connectivity index is 2.02. The second kappa shape index (κ2) is 5.12. The highest BCUT2D eigenvalue weighted by Crippen LogP contribution is 2.29. The molecule has 1 N–H and O–H groups in total. The van der Waals surface area contributed by atoms with E-state index in [4.69, 9.17) is 14.6 Å². The summed E-state index contributed by atoms with van der Waals surface area (Å²) in [7, 11) is 0. The van der Waals surface area contributed by atoms with Gasteiger partial charge in [0.2, 0.25) is 0 Å². The fraction of sp³-hybridized carbons (Fsp3) is 0.538. The Morgan fingerprint density at radius 2 is 2.24 bits per heavy atom. The van der Waals surface area contributed by atoms with Crippen LogP contribution in [0.5, 0.6) is 0 Å². The van der Waals surface area contributed by atoms with Gasteiger partial charge in [-0.05, 0) is 25.0 Å². The molecule has 1 saturated heterocycles. The zero-order chi connectivity index (χ0) is 12.3. The molecular weight excluding hydrogens is 223 g/mol. The molecule has 0 radical (unpaired) electrons. The summed E-state index contributed by atoms with van der Waals surface area (Å²) in [5.74, 6) is -1.03. The van der Waals surface area contributed by atoms with E-state index in [1.165, 1.54) is 6.07 Å². The van der Waals surface area contributed by atoms with Gasteiger partial charge in [-0.3, -0.25) is 0 Å². The van der Waals surface area contributed by atoms with E-state index in [9.17, 15) is 4.39 Å². The van der Waals surface area contributed by atoms with Crippen molar-refractivity contribution < 1.29 is 19.0 Å². The Morgan fingerprint density at radius 1 is 1.47 bits per heavy atom. The largest absolute Gasteiger partial charge is 0.396 e. The van der Waals surface area contributed by atoms with Crippen molar-refractivity contribution in [3.8, 4) is 0 Å². The van der Waals surface area contributed by atoms with Gasteiger partial charge in [0.1, 0.15) is 5.82 Å². The average molecular weight is 240 g/mol. The van der Waals surface area contributed by atoms with Gasteiger partial charge in [-0.15, -0.1) is 0 Å². The molecule has 17 heavy (non-hydrogen) atoms. The molecule has 1 aromatic carbocycles. The zero-order valence-electron chi connectivity index (χ0n) is 9.86. The second-order valence-corrected chi connectivity index (χ2v) is 4.47. The summed E-state index contributed by atoms with van der Waals surface area (Å²) < 4.78 is 24.8. The lowest BCUT2D eigenvalue weighted by atomic mass is 10.1. The molecule has 2 rings (SSSR count). The van der Waals surface area contributed by atoms with Crippen LogP contribution < -0.4 is 0 Å². The molecule has 1 aromatic rings. The van der Waals surface area contributed by atoms with E-state index in [1.807, 2.05) is 0 Å². The Kier molecular flexibility index (Phi) is 3.76. The van der Waals surface area contributed by atoms with Crippen LogP contribution >= 0.6 is 0 Å². The molecule has 0 amide bonds. The Morgan fingerprint density at radius 3 is 2.94 bits per heavy atom. The van der Waals surface area contributed by atoms with E-state index in [2.05, 4.69) is 0 Å². The van der Waals surface area contributed by atoms with Gasteiger partial charge in [-0.25, -0.2) is 4.39 Å². The molecule has 0 aliphatic carbocycles. The highest BCUT2D eigenvalue weighted by atomic mass is 19.1. The van der Waals surface area contributed by atoms with Crippen LogP contribution in [0.4, 0.5) is 4.39 Å². The van der Waals surface area contributed by atoms with Crippen LogP contribution in [0, 0.1) is 5.82 Å². The van der Waals surface area contributed by atoms with Crippen molar-refractivity contribution in [3.63, 3.8) is 0 Å². The SMILES string of the molecule is CC1(Cc2ccccc2F)OCC(CCO)O1. The number of rotatable bonds is 4. The molecule has 0 aromatic heterocycles. The molecular formula is C13H17FO3. The van der Waals surface area contributed by atoms with E-state index < -0.39 is 5.79 Å². The fourth-order valence-electron chi connectivity index (χ4n) is 2.06. The van der Waals surface area contributed by atoms with Crippen molar-refractivity contribution in [1.29, 1.82) is 0 Å². The Labute approximate surface area is 100 Å². The van der Waals surface area contributed by atoms with Crippen LogP contribution in [-0.4, -0.2) is 30.2 Å². The molecule has 2 atom stereocenters. The smallest absolute Gasteiger partial charge is 0.170 e. The summed E-state index contributed by atoms with van der Waals surface area (Å²) in [5, 5.41) is 8.84. The molecule has 1 aliphatic rings. The number of aliphatic hydroxyl groups excluding tert-OH is 1. The predicted octanol–water partition coefficient (Wildman–Crippen LogP) is 1.88. The summed E-state index contributed by atoms with van der Waals surface area (Å²) in [5.41, 5.74) is 0.583. The molecule has 0 bridgehead atoms. The lowest BCUT2D eigenvalue weighted by Crippen LogP contribution is -2.30. The predicted molar refractivity (Wildman–Crippen MR) is 61.0 cm³/mol. The summed E-state index contributed by atoms with van der Waals surface area (Å²) in [4.78, 5) is 0. The van der Waals surface area contributed by atoms with E-state index in [1.54, 1.807) is 25.1 Å². The van der Waals surface area contributed by atoms with Crippen LogP contribution in [0.1, 0.15) is 18.9 Å². The standard InChI is InChI=1S/C13H17FO3/c1-13(16-9-11(17-13)6-7-15)8-10-4-2-3-5-12(10)14/h2-5,11,15H,6-9H2,1H3. The molecule has 3 nitrogen and oxygen atoms in total. The Hall–Kier alpha value is -0.970. The molecule has 2 unspecified atom stereocenters. The van der Waals surface area contributed by atoms with Gasteiger partial charge in [0.15, 0.2) is 5.79 Å². The third kappa shape index (κ3) is 3.03. The van der Waals surface area contributed by atoms with Crippen LogP contribution in [0.25, 0.3) is 0 Å². The van der Waals surface area contributed by atoms with Gasteiger partial charge >= 0.3 is 0 Å². The average Bonchev–Trinajstić information content (AvgIpc) is 2.64. The first-order chi connectivity index (χ1) is 8.13. The Bertz CT molecular complexity index is 383. The summed E-state index contributed by atoms with van der Waals surface area (Å²) in [6.07, 6.45) is 0.825. The number of halogens is 1. The minimum absolute atomic E-state index is 0.0732. The van der Waals surface area contributed by atoms with Crippen molar-refractivity contribution in [1.82, 2.24) is 0 Å². The van der Waals surface area contributed by atoms with Gasteiger partial charge in [-0.1, -0.05) is 18.2 Å². The molecule has 1 aliphatic heterocycles. The molecule has 4 heteroatoms. The normalized spacial score (nSPS) is 28.5. The van der Waals surface area contributed by atoms with E-state index in [0.717, 1.165) is 0 Å². The van der Waals surface area contributed by atoms with Crippen LogP contribution in [0.2, 0.25) is 0 Å². The molecule has 94 valence electrons. The zero-order valence-corrected chi connectivity index (χ0v) is 9.86. The third-order valence-electron chi connectivity index (χ3n) is 2.91. The number of aliphatic hydroxyl groups is 1. The summed E-state index contributed by atoms with van der Waals surface area (Å²) >= 11 is 0. The van der Waals surface area contributed by atoms with Gasteiger partial charge < -0.3 is 14.6 Å². The maximum Gasteiger partial charge on any atom is 0.170 e. The number of benzene rings is 1. The second-order valence-electron chi connectivity index (χ2n) is 4.47. The third-order valence-corrected chi connectivity index (χ3v) is 2.91. The quantitative estimate of drug-likeness (QED) is 0.873. The monoisotopic (exact) mass is 240 g/mol. The van der Waals surface area contributed by atoms with Crippen molar-refractivity contribution in [2.75, 3.05) is 13.2 Å². The number of hydrogen-bond donors (Lipinski definition) is 1. The minimum atomic E-state index is -0.790. The van der Waals surface area contributed by atoms with Gasteiger partial charge in [0, 0.05) is 13.0 Å². The van der Waals surface area contributed by atoms with E-state index >= 15 is 0 Å². The maximum absolute atomic E-state index is 13.5. The summed E-state index contributed by atoms with van der Waals surface area (Å²) in [6.45, 7) is 2.33. The molecule has 0 spiro atoms. The molecule has 0 saturated carbocycles. The lowest BCUT2D eigenvalue weighted by molar-refractivity contribution is -0.153. The van der Waals surface area contributed by atoms with Gasteiger partial charge in [0.25, 0.3) is 0 Å². The first-order valence-electron chi connectivity index (χ1n) is 5.79. The van der Waals surface area contributed by atoms with E-state index in [0.29, 0.717) is 25.0 Å². The van der Waals surface area contributed by atoms with Crippen LogP contribution in [0.15, 0.2) is 24.3 Å². The highest BCUT2D eigenvalue weighted by Gasteiger charge is 2.37. The van der Waals surface area contributed by atoms with Crippen molar-refractivity contribution in [2.45, 2.75) is 31.7 Å². The first kappa shape index (κ1) is 12.5. The van der Waals surface area contributed by atoms with Crippen LogP contribution in [0.3, 0.4) is 0 Å². The van der Waals surface area contributed by atoms with Gasteiger partial charge in [-0.2, -0.15) is 0 Å². The van der Waals surface area contributed by atoms with E-state index in [-0.39, 0.29) is 18.5 Å². The fourth-order valence-corrected chi connectivity index (χ4v) is 2.06. The topological polar surface area (TPSA) is 38.7 Å². The van der Waals surface area contributed by atoms with Crippen LogP contribution in [-0.2, 0) is 15.9 Å². The summed E-state index contributed by atoms with van der Waals surface area (Å²) in [6, 6.07) is 6.61. The maximum atomic E-state index is 13.5. The number of hydrogen-bond acceptors (Lipinski definition) is 3. The highest BCUT2D eigenvalue weighted by molar-refractivity contribution is 5.18.